The molecule has 0 saturated carbocycles. The van der Waals surface area contributed by atoms with Crippen LogP contribution in [-0.2, 0) is 27.2 Å². The number of nitrogens with two attached hydrogens (primary N) is 1. The van der Waals surface area contributed by atoms with Gasteiger partial charge < -0.3 is 24.5 Å². The third kappa shape index (κ3) is 6.86. The van der Waals surface area contributed by atoms with Gasteiger partial charge in [0.25, 0.3) is 0 Å². The molecule has 0 aliphatic carbocycles. The molecule has 0 bridgehead atoms. The Kier molecular flexibility index (Phi) is 9.18. The van der Waals surface area contributed by atoms with Crippen molar-refractivity contribution in [3.8, 4) is 0 Å². The lowest BCUT2D eigenvalue weighted by molar-refractivity contribution is -0.0870. The van der Waals surface area contributed by atoms with Gasteiger partial charge in [-0.2, -0.15) is 0 Å². The van der Waals surface area contributed by atoms with E-state index in [1.54, 1.807) is 0 Å². The number of benzene rings is 1. The highest BCUT2D eigenvalue weighted by Crippen LogP contribution is 2.31. The Labute approximate surface area is 216 Å². The van der Waals surface area contributed by atoms with Gasteiger partial charge >= 0.3 is 6.16 Å². The molecule has 0 aliphatic rings. The second-order valence-corrected chi connectivity index (χ2v) is 11.1. The number of anilines is 1. The molecule has 0 aliphatic heterocycles. The molecule has 0 fully saturated rings. The van der Waals surface area contributed by atoms with Crippen molar-refractivity contribution in [1.82, 2.24) is 14.5 Å². The van der Waals surface area contributed by atoms with Crippen LogP contribution in [0.15, 0.2) is 24.3 Å². The smallest absolute Gasteiger partial charge is 0.431 e. The van der Waals surface area contributed by atoms with Crippen molar-refractivity contribution in [2.45, 2.75) is 78.6 Å². The number of ether oxygens (including phenoxy) is 3. The van der Waals surface area contributed by atoms with Crippen LogP contribution >= 0.6 is 9.24 Å². The lowest BCUT2D eigenvalue weighted by Gasteiger charge is -2.30. The number of pyridine rings is 1. The summed E-state index contributed by atoms with van der Waals surface area (Å²) in [5.74, 6) is 1.69. The number of aryl methyl sites for hydroxylation is 1. The van der Waals surface area contributed by atoms with Gasteiger partial charge in [-0.25, -0.2) is 14.8 Å². The van der Waals surface area contributed by atoms with Crippen molar-refractivity contribution >= 4 is 43.1 Å². The minimum absolute atomic E-state index is 0.112. The molecule has 0 radical (unpaired) electrons. The third-order valence-electron chi connectivity index (χ3n) is 6.03. The fraction of sp³-hybridized carbons (Fsp3) is 0.593. The molecule has 8 nitrogen and oxygen atoms in total. The first-order valence-corrected chi connectivity index (χ1v) is 13.5. The van der Waals surface area contributed by atoms with Crippen LogP contribution in [0, 0.1) is 5.92 Å². The quantitative estimate of drug-likeness (QED) is 0.242. The number of unbranched alkanes of at least 4 members (excludes halogenated alkanes) is 1. The van der Waals surface area contributed by atoms with Crippen LogP contribution < -0.4 is 5.73 Å². The molecule has 0 saturated heterocycles. The number of rotatable bonds is 12. The number of imidazole rings is 1. The van der Waals surface area contributed by atoms with E-state index in [1.807, 2.05) is 45.0 Å². The summed E-state index contributed by atoms with van der Waals surface area (Å²) in [7, 11) is 2.66. The standard InChI is InChI=1S/C27H41N4O4P/c1-7-8-13-21-30-22-23(19-11-9-10-12-20(19)29-24(22)28)31(21)15-26(4,5)35-25(32)33-16-27(6,17-36)34-14-18(2)3/h9-12,18H,7-8,13-17,36H2,1-6H3,(H2,28,29). The highest BCUT2D eigenvalue weighted by atomic mass is 31.0. The van der Waals surface area contributed by atoms with Gasteiger partial charge in [-0.3, -0.25) is 0 Å². The van der Waals surface area contributed by atoms with Crippen LogP contribution in [-0.4, -0.2) is 51.3 Å². The fourth-order valence-corrected chi connectivity index (χ4v) is 4.24. The Morgan fingerprint density at radius 1 is 1.19 bits per heavy atom. The third-order valence-corrected chi connectivity index (χ3v) is 6.90. The number of fused-ring (bicyclic) bond motifs is 3. The molecule has 36 heavy (non-hydrogen) atoms. The predicted octanol–water partition coefficient (Wildman–Crippen LogP) is 5.75. The van der Waals surface area contributed by atoms with Gasteiger partial charge in [0.05, 0.1) is 17.6 Å². The summed E-state index contributed by atoms with van der Waals surface area (Å²) in [6.45, 7) is 13.1. The zero-order chi connectivity index (χ0) is 26.5. The molecular formula is C27H41N4O4P. The lowest BCUT2D eigenvalue weighted by Crippen LogP contribution is -2.40. The van der Waals surface area contributed by atoms with Crippen LogP contribution in [0.2, 0.25) is 0 Å². The van der Waals surface area contributed by atoms with Gasteiger partial charge in [0.15, 0.2) is 5.82 Å². The molecular weight excluding hydrogens is 475 g/mol. The largest absolute Gasteiger partial charge is 0.508 e. The fourth-order valence-electron chi connectivity index (χ4n) is 4.01. The zero-order valence-electron chi connectivity index (χ0n) is 22.5. The number of aromatic nitrogens is 3. The molecule has 1 aromatic carbocycles. The summed E-state index contributed by atoms with van der Waals surface area (Å²) in [5, 5.41) is 0.967. The van der Waals surface area contributed by atoms with Gasteiger partial charge in [0.2, 0.25) is 0 Å². The molecule has 198 valence electrons. The summed E-state index contributed by atoms with van der Waals surface area (Å²) in [6, 6.07) is 7.88. The molecule has 9 heteroatoms. The van der Waals surface area contributed by atoms with E-state index >= 15 is 0 Å². The van der Waals surface area contributed by atoms with E-state index in [0.29, 0.717) is 36.6 Å². The number of carbonyl (C=O) groups excluding carboxylic acids is 1. The number of hydrogen-bond donors (Lipinski definition) is 1. The van der Waals surface area contributed by atoms with E-state index in [0.717, 1.165) is 41.5 Å². The topological polar surface area (TPSA) is 101 Å². The summed E-state index contributed by atoms with van der Waals surface area (Å²) in [6.07, 6.45) is 2.74. The monoisotopic (exact) mass is 516 g/mol. The average molecular weight is 517 g/mol. The molecule has 2 N–H and O–H groups in total. The molecule has 2 aromatic heterocycles. The highest BCUT2D eigenvalue weighted by Gasteiger charge is 2.31. The van der Waals surface area contributed by atoms with E-state index in [2.05, 4.69) is 39.6 Å². The molecule has 2 atom stereocenters. The van der Waals surface area contributed by atoms with E-state index in [1.165, 1.54) is 0 Å². The second kappa shape index (κ2) is 11.7. The van der Waals surface area contributed by atoms with Gasteiger partial charge in [-0.15, -0.1) is 9.24 Å². The summed E-state index contributed by atoms with van der Waals surface area (Å²) in [5.41, 5.74) is 7.25. The highest BCUT2D eigenvalue weighted by molar-refractivity contribution is 7.16. The van der Waals surface area contributed by atoms with Crippen LogP contribution in [0.5, 0.6) is 0 Å². The lowest BCUT2D eigenvalue weighted by atomic mass is 10.1. The van der Waals surface area contributed by atoms with Crippen LogP contribution in [0.3, 0.4) is 0 Å². The second-order valence-electron chi connectivity index (χ2n) is 10.7. The van der Waals surface area contributed by atoms with Gasteiger partial charge in [0, 0.05) is 18.4 Å². The van der Waals surface area contributed by atoms with E-state index in [4.69, 9.17) is 24.9 Å². The number of nitrogens with zero attached hydrogens (tertiary/aromatic N) is 3. The Morgan fingerprint density at radius 3 is 2.58 bits per heavy atom. The van der Waals surface area contributed by atoms with E-state index < -0.39 is 17.4 Å². The average Bonchev–Trinajstić information content (AvgIpc) is 3.18. The Balaban J connectivity index is 1.84. The SMILES string of the molecule is CCCCc1nc2c(N)nc3ccccc3c2n1CC(C)(C)OC(=O)OCC(C)(CP)OCC(C)C. The van der Waals surface area contributed by atoms with Crippen LogP contribution in [0.1, 0.15) is 60.2 Å². The van der Waals surface area contributed by atoms with Gasteiger partial charge in [-0.1, -0.05) is 45.4 Å². The molecule has 3 aromatic rings. The van der Waals surface area contributed by atoms with Gasteiger partial charge in [0.1, 0.15) is 29.2 Å². The van der Waals surface area contributed by atoms with Crippen molar-refractivity contribution < 1.29 is 19.0 Å². The molecule has 3 rings (SSSR count). The summed E-state index contributed by atoms with van der Waals surface area (Å²) >= 11 is 0. The summed E-state index contributed by atoms with van der Waals surface area (Å²) < 4.78 is 19.4. The van der Waals surface area contributed by atoms with Crippen molar-refractivity contribution in [1.29, 1.82) is 0 Å². The minimum atomic E-state index is -0.860. The number of para-hydroxylation sites is 1. The van der Waals surface area contributed by atoms with E-state index in [9.17, 15) is 4.79 Å². The van der Waals surface area contributed by atoms with Crippen molar-refractivity contribution in [2.24, 2.45) is 5.92 Å². The first-order chi connectivity index (χ1) is 17.0. The molecule has 0 spiro atoms. The number of hydrogen-bond acceptors (Lipinski definition) is 7. The number of carbonyl (C=O) groups is 1. The van der Waals surface area contributed by atoms with Crippen LogP contribution in [0.25, 0.3) is 21.9 Å². The maximum absolute atomic E-state index is 12.7. The van der Waals surface area contributed by atoms with Crippen molar-refractivity contribution in [3.63, 3.8) is 0 Å². The predicted molar refractivity (Wildman–Crippen MR) is 148 cm³/mol. The Hall–Kier alpha value is -2.44. The normalized spacial score (nSPS) is 13.9. The maximum Gasteiger partial charge on any atom is 0.508 e. The molecule has 2 heterocycles. The van der Waals surface area contributed by atoms with Crippen LogP contribution in [0.4, 0.5) is 10.6 Å². The number of nitrogen functional groups attached to an aromatic ring is 1. The minimum Gasteiger partial charge on any atom is -0.431 e. The Bertz CT molecular complexity index is 1190. The summed E-state index contributed by atoms with van der Waals surface area (Å²) in [4.78, 5) is 22.1. The Morgan fingerprint density at radius 2 is 1.92 bits per heavy atom. The zero-order valence-corrected chi connectivity index (χ0v) is 23.6. The molecule has 0 amide bonds. The molecule has 2 unspecified atom stereocenters. The maximum atomic E-state index is 12.7. The van der Waals surface area contributed by atoms with Gasteiger partial charge in [-0.05, 0) is 45.3 Å². The van der Waals surface area contributed by atoms with Crippen molar-refractivity contribution in [2.75, 3.05) is 25.1 Å². The van der Waals surface area contributed by atoms with E-state index in [-0.39, 0.29) is 6.61 Å². The first-order valence-electron chi connectivity index (χ1n) is 12.7. The first kappa shape index (κ1) is 28.1. The van der Waals surface area contributed by atoms with Crippen molar-refractivity contribution in [3.05, 3.63) is 30.1 Å².